The van der Waals surface area contributed by atoms with Gasteiger partial charge in [-0.2, -0.15) is 0 Å². The SMILES string of the molecule is Cc1nc2n(c(=O)c1CCCl)CCCC2OC(=O)c1ccccc1. The number of hydrogen-bond acceptors (Lipinski definition) is 4. The summed E-state index contributed by atoms with van der Waals surface area (Å²) in [4.78, 5) is 29.5. The predicted octanol–water partition coefficient (Wildman–Crippen LogP) is 3.02. The second-order valence-corrected chi connectivity index (χ2v) is 6.21. The molecule has 0 radical (unpaired) electrons. The molecule has 6 heteroatoms. The number of nitrogens with zero attached hydrogens (tertiary/aromatic N) is 2. The number of ether oxygens (including phenoxy) is 1. The number of aryl methyl sites for hydroxylation is 1. The maximum absolute atomic E-state index is 12.6. The van der Waals surface area contributed by atoms with E-state index in [9.17, 15) is 9.59 Å². The highest BCUT2D eigenvalue weighted by Crippen LogP contribution is 2.27. The van der Waals surface area contributed by atoms with Gasteiger partial charge in [-0.25, -0.2) is 9.78 Å². The molecular weight excluding hydrogens is 328 g/mol. The maximum Gasteiger partial charge on any atom is 0.338 e. The summed E-state index contributed by atoms with van der Waals surface area (Å²) in [7, 11) is 0. The monoisotopic (exact) mass is 346 g/mol. The normalized spacial score (nSPS) is 16.5. The third-order valence-corrected chi connectivity index (χ3v) is 4.43. The number of halogens is 1. The van der Waals surface area contributed by atoms with E-state index in [1.807, 2.05) is 6.07 Å². The van der Waals surface area contributed by atoms with Crippen molar-refractivity contribution in [2.45, 2.75) is 38.8 Å². The van der Waals surface area contributed by atoms with Gasteiger partial charge in [-0.1, -0.05) is 18.2 Å². The van der Waals surface area contributed by atoms with Crippen LogP contribution in [-0.2, 0) is 17.7 Å². The van der Waals surface area contributed by atoms with Crippen molar-refractivity contribution in [2.75, 3.05) is 5.88 Å². The molecule has 5 nitrogen and oxygen atoms in total. The van der Waals surface area contributed by atoms with Gasteiger partial charge in [0.1, 0.15) is 0 Å². The zero-order valence-electron chi connectivity index (χ0n) is 13.5. The van der Waals surface area contributed by atoms with E-state index in [0.29, 0.717) is 47.9 Å². The van der Waals surface area contributed by atoms with Crippen LogP contribution in [0.5, 0.6) is 0 Å². The summed E-state index contributed by atoms with van der Waals surface area (Å²) < 4.78 is 7.25. The topological polar surface area (TPSA) is 61.2 Å². The van der Waals surface area contributed by atoms with Crippen LogP contribution in [0, 0.1) is 6.92 Å². The van der Waals surface area contributed by atoms with E-state index in [4.69, 9.17) is 16.3 Å². The highest BCUT2D eigenvalue weighted by atomic mass is 35.5. The van der Waals surface area contributed by atoms with Gasteiger partial charge < -0.3 is 4.74 Å². The molecular formula is C18H19ClN2O3. The second-order valence-electron chi connectivity index (χ2n) is 5.83. The summed E-state index contributed by atoms with van der Waals surface area (Å²) >= 11 is 5.78. The van der Waals surface area contributed by atoms with Crippen LogP contribution >= 0.6 is 11.6 Å². The lowest BCUT2D eigenvalue weighted by Gasteiger charge is -2.26. The zero-order valence-corrected chi connectivity index (χ0v) is 14.3. The van der Waals surface area contributed by atoms with E-state index in [0.717, 1.165) is 6.42 Å². The van der Waals surface area contributed by atoms with Gasteiger partial charge in [-0.05, 0) is 38.3 Å². The third kappa shape index (κ3) is 3.22. The molecule has 0 N–H and O–H groups in total. The molecule has 3 rings (SSSR count). The Labute approximate surface area is 145 Å². The number of rotatable bonds is 4. The molecule has 0 aliphatic carbocycles. The largest absolute Gasteiger partial charge is 0.451 e. The molecule has 0 spiro atoms. The Morgan fingerprint density at radius 2 is 2.12 bits per heavy atom. The molecule has 1 aliphatic heterocycles. The molecule has 2 heterocycles. The minimum atomic E-state index is -0.497. The van der Waals surface area contributed by atoms with Gasteiger partial charge >= 0.3 is 5.97 Å². The summed E-state index contributed by atoms with van der Waals surface area (Å²) in [6, 6.07) is 8.84. The van der Waals surface area contributed by atoms with Crippen LogP contribution in [0.4, 0.5) is 0 Å². The summed E-state index contributed by atoms with van der Waals surface area (Å²) in [5, 5.41) is 0. The first-order chi connectivity index (χ1) is 11.6. The number of esters is 1. The van der Waals surface area contributed by atoms with Crippen LogP contribution in [0.25, 0.3) is 0 Å². The number of hydrogen-bond donors (Lipinski definition) is 0. The van der Waals surface area contributed by atoms with Crippen LogP contribution in [0.1, 0.15) is 46.4 Å². The lowest BCUT2D eigenvalue weighted by molar-refractivity contribution is 0.0199. The second kappa shape index (κ2) is 7.18. The molecule has 0 saturated carbocycles. The minimum absolute atomic E-state index is 0.0707. The van der Waals surface area contributed by atoms with E-state index in [1.165, 1.54) is 0 Å². The van der Waals surface area contributed by atoms with Gasteiger partial charge in [0, 0.05) is 23.7 Å². The summed E-state index contributed by atoms with van der Waals surface area (Å²) in [6.45, 7) is 2.39. The van der Waals surface area contributed by atoms with Crippen molar-refractivity contribution >= 4 is 17.6 Å². The Morgan fingerprint density at radius 3 is 2.83 bits per heavy atom. The Hall–Kier alpha value is -2.14. The van der Waals surface area contributed by atoms with Crippen molar-refractivity contribution in [3.8, 4) is 0 Å². The number of alkyl halides is 1. The highest BCUT2D eigenvalue weighted by Gasteiger charge is 2.28. The molecule has 24 heavy (non-hydrogen) atoms. The van der Waals surface area contributed by atoms with Gasteiger partial charge in [0.15, 0.2) is 11.9 Å². The van der Waals surface area contributed by atoms with Gasteiger partial charge in [0.05, 0.1) is 5.56 Å². The third-order valence-electron chi connectivity index (χ3n) is 4.24. The minimum Gasteiger partial charge on any atom is -0.451 e. The molecule has 0 amide bonds. The molecule has 0 bridgehead atoms. The van der Waals surface area contributed by atoms with Crippen molar-refractivity contribution in [1.29, 1.82) is 0 Å². The molecule has 1 unspecified atom stereocenters. The summed E-state index contributed by atoms with van der Waals surface area (Å²) in [6.07, 6.45) is 1.43. The van der Waals surface area contributed by atoms with E-state index < -0.39 is 12.1 Å². The van der Waals surface area contributed by atoms with Gasteiger partial charge in [0.25, 0.3) is 5.56 Å². The first-order valence-corrected chi connectivity index (χ1v) is 8.57. The smallest absolute Gasteiger partial charge is 0.338 e. The number of carbonyl (C=O) groups is 1. The van der Waals surface area contributed by atoms with Crippen LogP contribution in [0.15, 0.2) is 35.1 Å². The molecule has 1 aromatic heterocycles. The fourth-order valence-corrected chi connectivity index (χ4v) is 3.20. The maximum atomic E-state index is 12.6. The average molecular weight is 347 g/mol. The molecule has 0 fully saturated rings. The highest BCUT2D eigenvalue weighted by molar-refractivity contribution is 6.18. The van der Waals surface area contributed by atoms with E-state index in [2.05, 4.69) is 4.98 Å². The standard InChI is InChI=1S/C18H19ClN2O3/c1-12-14(9-10-19)17(22)21-11-5-8-15(16(21)20-12)24-18(23)13-6-3-2-4-7-13/h2-4,6-7,15H,5,8-11H2,1H3. The molecule has 2 aromatic rings. The summed E-state index contributed by atoms with van der Waals surface area (Å²) in [5.74, 6) is 0.515. The van der Waals surface area contributed by atoms with Crippen LogP contribution < -0.4 is 5.56 Å². The predicted molar refractivity (Wildman–Crippen MR) is 91.5 cm³/mol. The molecule has 1 atom stereocenters. The Bertz CT molecular complexity index is 802. The van der Waals surface area contributed by atoms with E-state index >= 15 is 0 Å². The fourth-order valence-electron chi connectivity index (χ4n) is 3.01. The van der Waals surface area contributed by atoms with Crippen molar-refractivity contribution in [2.24, 2.45) is 0 Å². The molecule has 1 aliphatic rings. The molecule has 126 valence electrons. The summed E-state index contributed by atoms with van der Waals surface area (Å²) in [5.41, 5.74) is 1.73. The van der Waals surface area contributed by atoms with Crippen molar-refractivity contribution in [3.63, 3.8) is 0 Å². The van der Waals surface area contributed by atoms with Crippen LogP contribution in [0.2, 0.25) is 0 Å². The van der Waals surface area contributed by atoms with Crippen LogP contribution in [0.3, 0.4) is 0 Å². The molecule has 0 saturated heterocycles. The number of aromatic nitrogens is 2. The number of fused-ring (bicyclic) bond motifs is 1. The lowest BCUT2D eigenvalue weighted by atomic mass is 10.1. The quantitative estimate of drug-likeness (QED) is 0.630. The number of carbonyl (C=O) groups excluding carboxylic acids is 1. The van der Waals surface area contributed by atoms with Gasteiger partial charge in [0.2, 0.25) is 0 Å². The first kappa shape index (κ1) is 16.7. The first-order valence-electron chi connectivity index (χ1n) is 8.04. The Morgan fingerprint density at radius 1 is 1.38 bits per heavy atom. The van der Waals surface area contributed by atoms with Crippen LogP contribution in [-0.4, -0.2) is 21.4 Å². The van der Waals surface area contributed by atoms with Crippen molar-refractivity contribution in [1.82, 2.24) is 9.55 Å². The number of benzene rings is 1. The van der Waals surface area contributed by atoms with E-state index in [-0.39, 0.29) is 5.56 Å². The molecule has 1 aromatic carbocycles. The van der Waals surface area contributed by atoms with Gasteiger partial charge in [-0.3, -0.25) is 9.36 Å². The van der Waals surface area contributed by atoms with Crippen molar-refractivity contribution < 1.29 is 9.53 Å². The Kier molecular flexibility index (Phi) is 5.00. The Balaban J connectivity index is 1.92. The van der Waals surface area contributed by atoms with E-state index in [1.54, 1.807) is 35.8 Å². The lowest BCUT2D eigenvalue weighted by Crippen LogP contribution is -2.35. The van der Waals surface area contributed by atoms with Crippen molar-refractivity contribution in [3.05, 3.63) is 63.3 Å². The fraction of sp³-hybridized carbons (Fsp3) is 0.389. The zero-order chi connectivity index (χ0) is 17.1. The average Bonchev–Trinajstić information content (AvgIpc) is 2.60. The van der Waals surface area contributed by atoms with Gasteiger partial charge in [-0.15, -0.1) is 11.6 Å².